The lowest BCUT2D eigenvalue weighted by molar-refractivity contribution is -0.127. The van der Waals surface area contributed by atoms with Gasteiger partial charge in [-0.2, -0.15) is 3.93 Å². The molecule has 1 aliphatic rings. The Morgan fingerprint density at radius 1 is 1.23 bits per heavy atom. The van der Waals surface area contributed by atoms with Gasteiger partial charge in [-0.1, -0.05) is 0 Å². The molecule has 0 atom stereocenters. The number of hydrogen-bond donors (Lipinski definition) is 0. The van der Waals surface area contributed by atoms with Gasteiger partial charge in [-0.25, -0.2) is 8.72 Å². The monoisotopic (exact) mass is 312 g/mol. The number of carbonyl (C=O) groups excluding carboxylic acids is 2. The SMILES string of the molecule is CC1(C)C(=O)N(Br)C(=O)N1Br.N#N. The van der Waals surface area contributed by atoms with Crippen LogP contribution in [0.2, 0.25) is 0 Å². The van der Waals surface area contributed by atoms with Crippen LogP contribution < -0.4 is 0 Å². The lowest BCUT2D eigenvalue weighted by Gasteiger charge is -2.19. The molecule has 1 fully saturated rings. The molecule has 0 bridgehead atoms. The molecule has 0 aliphatic carbocycles. The number of amides is 3. The highest BCUT2D eigenvalue weighted by molar-refractivity contribution is 9.08. The third-order valence-electron chi connectivity index (χ3n) is 1.53. The molecule has 0 radical (unpaired) electrons. The second-order valence-corrected chi connectivity index (χ2v) is 4.13. The highest BCUT2D eigenvalue weighted by Gasteiger charge is 2.50. The van der Waals surface area contributed by atoms with E-state index in [1.165, 1.54) is 3.93 Å². The topological polar surface area (TPSA) is 88.2 Å². The van der Waals surface area contributed by atoms with Crippen LogP contribution in [0.5, 0.6) is 0 Å². The van der Waals surface area contributed by atoms with Crippen molar-refractivity contribution in [2.24, 2.45) is 0 Å². The second kappa shape index (κ2) is 4.02. The van der Waals surface area contributed by atoms with Gasteiger partial charge in [0.2, 0.25) is 0 Å². The van der Waals surface area contributed by atoms with Crippen LogP contribution in [0.25, 0.3) is 0 Å². The van der Waals surface area contributed by atoms with Gasteiger partial charge in [-0.05, 0) is 13.8 Å². The van der Waals surface area contributed by atoms with Gasteiger partial charge in [-0.15, -0.1) is 0 Å². The maximum Gasteiger partial charge on any atom is 0.348 e. The maximum absolute atomic E-state index is 11.2. The van der Waals surface area contributed by atoms with Gasteiger partial charge in [0.25, 0.3) is 5.91 Å². The summed E-state index contributed by atoms with van der Waals surface area (Å²) < 4.78 is 2.11. The highest BCUT2D eigenvalue weighted by Crippen LogP contribution is 2.32. The molecule has 8 heteroatoms. The number of urea groups is 1. The molecule has 1 aliphatic heterocycles. The molecule has 1 rings (SSSR count). The van der Waals surface area contributed by atoms with E-state index in [0.717, 1.165) is 3.93 Å². The Kier molecular flexibility index (Phi) is 3.81. The summed E-state index contributed by atoms with van der Waals surface area (Å²) >= 11 is 5.84. The van der Waals surface area contributed by atoms with E-state index in [1.54, 1.807) is 13.8 Å². The first kappa shape index (κ1) is 12.3. The van der Waals surface area contributed by atoms with Crippen LogP contribution >= 0.6 is 32.3 Å². The van der Waals surface area contributed by atoms with Crippen molar-refractivity contribution >= 4 is 44.2 Å². The number of imide groups is 1. The standard InChI is InChI=1S/C5H6Br2N2O2.N2/c1-5(2)3(10)8(6)4(11)9(5)7;1-2/h1-2H3;. The van der Waals surface area contributed by atoms with Crippen molar-refractivity contribution in [3.05, 3.63) is 0 Å². The Morgan fingerprint density at radius 2 is 1.62 bits per heavy atom. The highest BCUT2D eigenvalue weighted by atomic mass is 79.9. The molecule has 0 N–H and O–H groups in total. The van der Waals surface area contributed by atoms with Gasteiger partial charge < -0.3 is 0 Å². The molecule has 0 unspecified atom stereocenters. The van der Waals surface area contributed by atoms with Crippen molar-refractivity contribution in [2.75, 3.05) is 0 Å². The first-order chi connectivity index (χ1) is 5.89. The molecule has 0 spiro atoms. The molecule has 0 aromatic carbocycles. The van der Waals surface area contributed by atoms with Gasteiger partial charge in [0.05, 0.1) is 32.3 Å². The van der Waals surface area contributed by atoms with E-state index in [0.29, 0.717) is 0 Å². The first-order valence-electron chi connectivity index (χ1n) is 3.09. The van der Waals surface area contributed by atoms with E-state index in [-0.39, 0.29) is 5.91 Å². The van der Waals surface area contributed by atoms with Gasteiger partial charge in [-0.3, -0.25) is 4.79 Å². The molecular weight excluding hydrogens is 308 g/mol. The number of hydrogen-bond acceptors (Lipinski definition) is 4. The van der Waals surface area contributed by atoms with E-state index in [1.807, 2.05) is 0 Å². The van der Waals surface area contributed by atoms with Crippen LogP contribution in [0.15, 0.2) is 0 Å². The fourth-order valence-corrected chi connectivity index (χ4v) is 1.84. The van der Waals surface area contributed by atoms with Crippen molar-refractivity contribution in [3.63, 3.8) is 0 Å². The average molecular weight is 314 g/mol. The Hall–Kier alpha value is -0.680. The molecule has 0 aromatic rings. The zero-order valence-electron chi connectivity index (χ0n) is 6.86. The summed E-state index contributed by atoms with van der Waals surface area (Å²) in [6.45, 7) is 3.31. The third-order valence-corrected chi connectivity index (χ3v) is 3.34. The van der Waals surface area contributed by atoms with Crippen molar-refractivity contribution in [1.82, 2.24) is 7.85 Å². The molecule has 1 saturated heterocycles. The van der Waals surface area contributed by atoms with Crippen LogP contribution in [0.1, 0.15) is 13.8 Å². The van der Waals surface area contributed by atoms with E-state index in [4.69, 9.17) is 10.8 Å². The third kappa shape index (κ3) is 1.81. The Balaban J connectivity index is 0.000000671. The van der Waals surface area contributed by atoms with Gasteiger partial charge in [0, 0.05) is 10.8 Å². The first-order valence-corrected chi connectivity index (χ1v) is 4.51. The van der Waals surface area contributed by atoms with Crippen molar-refractivity contribution in [2.45, 2.75) is 19.4 Å². The van der Waals surface area contributed by atoms with E-state index >= 15 is 0 Å². The molecule has 0 aromatic heterocycles. The number of nitrogens with zero attached hydrogens (tertiary/aromatic N) is 4. The minimum absolute atomic E-state index is 0.278. The maximum atomic E-state index is 11.2. The summed E-state index contributed by atoms with van der Waals surface area (Å²) in [7, 11) is 0. The Labute approximate surface area is 91.9 Å². The molecule has 1 heterocycles. The van der Waals surface area contributed by atoms with E-state index in [9.17, 15) is 9.59 Å². The zero-order chi connectivity index (χ0) is 10.8. The zero-order valence-corrected chi connectivity index (χ0v) is 10.0. The molecule has 72 valence electrons. The summed E-state index contributed by atoms with van der Waals surface area (Å²) in [5, 5.41) is 12.0. The smallest absolute Gasteiger partial charge is 0.271 e. The van der Waals surface area contributed by atoms with Gasteiger partial charge in [0.15, 0.2) is 0 Å². The summed E-state index contributed by atoms with van der Waals surface area (Å²) in [4.78, 5) is 22.3. The van der Waals surface area contributed by atoms with Crippen LogP contribution in [-0.4, -0.2) is 25.3 Å². The van der Waals surface area contributed by atoms with Crippen LogP contribution in [0.3, 0.4) is 0 Å². The minimum Gasteiger partial charge on any atom is -0.271 e. The quantitative estimate of drug-likeness (QED) is 0.386. The van der Waals surface area contributed by atoms with Crippen molar-refractivity contribution in [1.29, 1.82) is 10.8 Å². The van der Waals surface area contributed by atoms with Crippen LogP contribution in [0.4, 0.5) is 4.79 Å². The summed E-state index contributed by atoms with van der Waals surface area (Å²) in [5.74, 6) is -0.278. The number of rotatable bonds is 0. The fourth-order valence-electron chi connectivity index (χ4n) is 0.727. The van der Waals surface area contributed by atoms with E-state index < -0.39 is 11.6 Å². The number of carbonyl (C=O) groups is 2. The lowest BCUT2D eigenvalue weighted by Crippen LogP contribution is -2.37. The molecule has 6 nitrogen and oxygen atoms in total. The average Bonchev–Trinajstić information content (AvgIpc) is 2.25. The fraction of sp³-hybridized carbons (Fsp3) is 0.600. The van der Waals surface area contributed by atoms with E-state index in [2.05, 4.69) is 32.3 Å². The molecule has 13 heavy (non-hydrogen) atoms. The molecule has 0 saturated carbocycles. The van der Waals surface area contributed by atoms with Gasteiger partial charge >= 0.3 is 6.03 Å². The summed E-state index contributed by atoms with van der Waals surface area (Å²) in [5.41, 5.74) is -0.805. The summed E-state index contributed by atoms with van der Waals surface area (Å²) in [6.07, 6.45) is 0. The van der Waals surface area contributed by atoms with Crippen molar-refractivity contribution < 1.29 is 9.59 Å². The largest absolute Gasteiger partial charge is 0.348 e. The van der Waals surface area contributed by atoms with Crippen LogP contribution in [0, 0.1) is 10.8 Å². The summed E-state index contributed by atoms with van der Waals surface area (Å²) in [6, 6.07) is -0.403. The second-order valence-electron chi connectivity index (χ2n) is 2.71. The Morgan fingerprint density at radius 3 is 1.69 bits per heavy atom. The molecule has 3 amide bonds. The minimum atomic E-state index is -0.805. The predicted octanol–water partition coefficient (Wildman–Crippen LogP) is 1.68. The number of halogens is 2. The Bertz CT molecular complexity index is 265. The lowest BCUT2D eigenvalue weighted by atomic mass is 10.1. The molecular formula is C5H6Br2N4O2. The normalized spacial score (nSPS) is 19.8. The van der Waals surface area contributed by atoms with Gasteiger partial charge in [0.1, 0.15) is 5.54 Å². The predicted molar refractivity (Wildman–Crippen MR) is 49.5 cm³/mol. The van der Waals surface area contributed by atoms with Crippen molar-refractivity contribution in [3.8, 4) is 0 Å². The van der Waals surface area contributed by atoms with Crippen LogP contribution in [-0.2, 0) is 4.79 Å².